The van der Waals surface area contributed by atoms with Crippen LogP contribution in [0.4, 0.5) is 0 Å². The quantitative estimate of drug-likeness (QED) is 0.319. The summed E-state index contributed by atoms with van der Waals surface area (Å²) in [6.07, 6.45) is 3.23. The number of hydrogen-bond donors (Lipinski definition) is 0. The molecule has 7 nitrogen and oxygen atoms in total. The normalized spacial score (nSPS) is 16.1. The summed E-state index contributed by atoms with van der Waals surface area (Å²) < 4.78 is 19.9. The van der Waals surface area contributed by atoms with Gasteiger partial charge < -0.3 is 14.2 Å². The topological polar surface area (TPSA) is 79.1 Å². The Balaban J connectivity index is 1.91. The molecule has 0 bridgehead atoms. The van der Waals surface area contributed by atoms with Gasteiger partial charge >= 0.3 is 5.97 Å². The molecule has 2 aromatic carbocycles. The van der Waals surface area contributed by atoms with Crippen LogP contribution in [0.3, 0.4) is 0 Å². The lowest BCUT2D eigenvalue weighted by atomic mass is 9.95. The second-order valence-electron chi connectivity index (χ2n) is 8.80. The first-order valence-corrected chi connectivity index (χ1v) is 14.2. The largest absolute Gasteiger partial charge is 0.490 e. The van der Waals surface area contributed by atoms with Crippen LogP contribution in [-0.2, 0) is 9.53 Å². The molecular formula is C29H31BrN2O5S. The van der Waals surface area contributed by atoms with Gasteiger partial charge in [0.15, 0.2) is 16.3 Å². The fourth-order valence-corrected chi connectivity index (χ4v) is 5.87. The van der Waals surface area contributed by atoms with Crippen molar-refractivity contribution in [2.75, 3.05) is 13.7 Å². The minimum atomic E-state index is -0.631. The number of ether oxygens (including phenoxy) is 3. The zero-order chi connectivity index (χ0) is 27.4. The summed E-state index contributed by atoms with van der Waals surface area (Å²) in [6.45, 7) is 8.40. The summed E-state index contributed by atoms with van der Waals surface area (Å²) in [5.74, 6) is 0.750. The number of methoxy groups -OCH3 is 1. The first-order chi connectivity index (χ1) is 18.3. The van der Waals surface area contributed by atoms with E-state index in [9.17, 15) is 9.59 Å². The van der Waals surface area contributed by atoms with Crippen LogP contribution in [0.1, 0.15) is 57.7 Å². The van der Waals surface area contributed by atoms with E-state index in [1.807, 2.05) is 69.3 Å². The van der Waals surface area contributed by atoms with Crippen LogP contribution in [0.2, 0.25) is 0 Å². The molecule has 9 heteroatoms. The van der Waals surface area contributed by atoms with Crippen LogP contribution in [0.5, 0.6) is 11.5 Å². The third-order valence-electron chi connectivity index (χ3n) is 6.29. The van der Waals surface area contributed by atoms with Crippen LogP contribution < -0.4 is 24.4 Å². The van der Waals surface area contributed by atoms with Gasteiger partial charge in [0.05, 0.1) is 46.1 Å². The van der Waals surface area contributed by atoms with Gasteiger partial charge in [0, 0.05) is 0 Å². The number of benzene rings is 2. The molecule has 200 valence electrons. The molecule has 0 radical (unpaired) electrons. The van der Waals surface area contributed by atoms with Crippen LogP contribution in [0, 0.1) is 0 Å². The van der Waals surface area contributed by atoms with Crippen molar-refractivity contribution in [2.24, 2.45) is 4.99 Å². The number of allylic oxidation sites excluding steroid dienone is 1. The molecular weight excluding hydrogens is 568 g/mol. The summed E-state index contributed by atoms with van der Waals surface area (Å²) in [7, 11) is 1.35. The van der Waals surface area contributed by atoms with E-state index in [-0.39, 0.29) is 11.7 Å². The highest BCUT2D eigenvalue weighted by molar-refractivity contribution is 9.10. The Morgan fingerprint density at radius 2 is 1.95 bits per heavy atom. The minimum Gasteiger partial charge on any atom is -0.490 e. The van der Waals surface area contributed by atoms with Gasteiger partial charge in [-0.1, -0.05) is 55.5 Å². The van der Waals surface area contributed by atoms with E-state index in [2.05, 4.69) is 22.9 Å². The van der Waals surface area contributed by atoms with Crippen molar-refractivity contribution in [2.45, 2.75) is 52.7 Å². The highest BCUT2D eigenvalue weighted by atomic mass is 79.9. The van der Waals surface area contributed by atoms with Crippen LogP contribution in [-0.4, -0.2) is 30.4 Å². The van der Waals surface area contributed by atoms with E-state index in [1.54, 1.807) is 4.57 Å². The zero-order valence-corrected chi connectivity index (χ0v) is 24.5. The summed E-state index contributed by atoms with van der Waals surface area (Å²) in [5, 5.41) is 0. The first-order valence-electron chi connectivity index (χ1n) is 12.6. The van der Waals surface area contributed by atoms with Gasteiger partial charge in [-0.25, -0.2) is 9.79 Å². The molecule has 0 aliphatic carbocycles. The Bertz CT molecular complexity index is 1540. The molecule has 0 spiro atoms. The number of aromatic nitrogens is 1. The lowest BCUT2D eigenvalue weighted by Gasteiger charge is -2.25. The van der Waals surface area contributed by atoms with Gasteiger partial charge in [0.2, 0.25) is 0 Å². The second kappa shape index (κ2) is 12.1. The van der Waals surface area contributed by atoms with Gasteiger partial charge in [-0.05, 0) is 72.0 Å². The maximum Gasteiger partial charge on any atom is 0.338 e. The van der Waals surface area contributed by atoms with E-state index >= 15 is 0 Å². The first kappa shape index (κ1) is 27.9. The lowest BCUT2D eigenvalue weighted by Crippen LogP contribution is -2.40. The van der Waals surface area contributed by atoms with Crippen molar-refractivity contribution < 1.29 is 19.0 Å². The van der Waals surface area contributed by atoms with Crippen molar-refractivity contribution in [3.8, 4) is 11.5 Å². The van der Waals surface area contributed by atoms with Crippen LogP contribution >= 0.6 is 27.3 Å². The minimum absolute atomic E-state index is 0.0230. The molecule has 0 unspecified atom stereocenters. The Hall–Kier alpha value is -3.17. The molecule has 0 fully saturated rings. The van der Waals surface area contributed by atoms with Crippen molar-refractivity contribution in [3.63, 3.8) is 0 Å². The number of carbonyl (C=O) groups excluding carboxylic acids is 1. The monoisotopic (exact) mass is 598 g/mol. The molecule has 1 aliphatic heterocycles. The highest BCUT2D eigenvalue weighted by Crippen LogP contribution is 2.38. The van der Waals surface area contributed by atoms with E-state index in [0.29, 0.717) is 45.1 Å². The number of fused-ring (bicyclic) bond motifs is 1. The van der Waals surface area contributed by atoms with Gasteiger partial charge in [0.25, 0.3) is 5.56 Å². The molecule has 1 aromatic heterocycles. The number of halogens is 1. The summed E-state index contributed by atoms with van der Waals surface area (Å²) >= 11 is 4.92. The molecule has 1 aliphatic rings. The van der Waals surface area contributed by atoms with Gasteiger partial charge in [-0.15, -0.1) is 0 Å². The Kier molecular flexibility index (Phi) is 8.89. The fraction of sp³-hybridized carbons (Fsp3) is 0.345. The van der Waals surface area contributed by atoms with E-state index in [1.165, 1.54) is 18.4 Å². The number of thiazole rings is 1. The Labute approximate surface area is 234 Å². The van der Waals surface area contributed by atoms with E-state index in [4.69, 9.17) is 19.2 Å². The van der Waals surface area contributed by atoms with E-state index in [0.717, 1.165) is 22.0 Å². The fourth-order valence-electron chi connectivity index (χ4n) is 4.30. The SMILES string of the molecule is CCOc1cc(/C=c2/sc3n(c2=O)[C@H](c2ccccc2)C(C(=O)OC)=C(CC)N=3)cc(Br)c1O[C@H](C)CC. The summed E-state index contributed by atoms with van der Waals surface area (Å²) in [6, 6.07) is 12.6. The number of rotatable bonds is 9. The molecule has 0 saturated heterocycles. The number of carbonyl (C=O) groups is 1. The number of hydrogen-bond acceptors (Lipinski definition) is 7. The lowest BCUT2D eigenvalue weighted by molar-refractivity contribution is -0.136. The van der Waals surface area contributed by atoms with Crippen LogP contribution in [0.15, 0.2) is 68.0 Å². The van der Waals surface area contributed by atoms with Crippen molar-refractivity contribution in [3.05, 3.63) is 89.0 Å². The maximum atomic E-state index is 13.8. The summed E-state index contributed by atoms with van der Waals surface area (Å²) in [4.78, 5) is 32.0. The highest BCUT2D eigenvalue weighted by Gasteiger charge is 2.33. The van der Waals surface area contributed by atoms with Gasteiger partial charge in [-0.3, -0.25) is 9.36 Å². The third-order valence-corrected chi connectivity index (χ3v) is 7.86. The second-order valence-corrected chi connectivity index (χ2v) is 10.7. The smallest absolute Gasteiger partial charge is 0.338 e. The average Bonchev–Trinajstić information content (AvgIpc) is 3.23. The average molecular weight is 600 g/mol. The molecule has 2 heterocycles. The Morgan fingerprint density at radius 3 is 2.58 bits per heavy atom. The van der Waals surface area contributed by atoms with E-state index < -0.39 is 12.0 Å². The molecule has 2 atom stereocenters. The zero-order valence-electron chi connectivity index (χ0n) is 22.1. The maximum absolute atomic E-state index is 13.8. The molecule has 4 rings (SSSR count). The molecule has 0 N–H and O–H groups in total. The molecule has 3 aromatic rings. The number of esters is 1. The standard InChI is InChI=1S/C29H31BrN2O5S/c1-6-17(4)37-26-20(30)14-18(15-22(26)36-8-3)16-23-27(33)32-25(19-12-10-9-11-13-19)24(28(34)35-5)21(7-2)31-29(32)38-23/h9-17,25H,6-8H2,1-5H3/b23-16+/t17-,25-/m1/s1. The Morgan fingerprint density at radius 1 is 1.21 bits per heavy atom. The van der Waals surface area contributed by atoms with Gasteiger partial charge in [-0.2, -0.15) is 0 Å². The summed E-state index contributed by atoms with van der Waals surface area (Å²) in [5.41, 5.74) is 2.36. The molecule has 38 heavy (non-hydrogen) atoms. The van der Waals surface area contributed by atoms with Crippen molar-refractivity contribution in [1.82, 2.24) is 4.57 Å². The van der Waals surface area contributed by atoms with Gasteiger partial charge in [0.1, 0.15) is 0 Å². The predicted octanol–water partition coefficient (Wildman–Crippen LogP) is 5.14. The molecule has 0 amide bonds. The molecule has 0 saturated carbocycles. The van der Waals surface area contributed by atoms with Crippen molar-refractivity contribution >= 4 is 39.3 Å². The predicted molar refractivity (Wildman–Crippen MR) is 153 cm³/mol. The van der Waals surface area contributed by atoms with Crippen LogP contribution in [0.25, 0.3) is 6.08 Å². The third kappa shape index (κ3) is 5.49. The number of nitrogens with zero attached hydrogens (tertiary/aromatic N) is 2. The van der Waals surface area contributed by atoms with Crippen molar-refractivity contribution in [1.29, 1.82) is 0 Å².